The van der Waals surface area contributed by atoms with E-state index in [4.69, 9.17) is 0 Å². The molecule has 0 radical (unpaired) electrons. The van der Waals surface area contributed by atoms with Crippen LogP contribution in [0.15, 0.2) is 78.9 Å². The van der Waals surface area contributed by atoms with Crippen molar-refractivity contribution in [2.45, 2.75) is 19.1 Å². The van der Waals surface area contributed by atoms with Crippen molar-refractivity contribution in [3.63, 3.8) is 0 Å². The van der Waals surface area contributed by atoms with Crippen LogP contribution >= 0.6 is 0 Å². The van der Waals surface area contributed by atoms with Crippen molar-refractivity contribution >= 4 is 11.6 Å². The molecule has 1 N–H and O–H groups in total. The molecular weight excluding hydrogens is 334 g/mol. The van der Waals surface area contributed by atoms with Gasteiger partial charge in [-0.1, -0.05) is 66.6 Å². The fraction of sp³-hybridized carbons (Fsp3) is 0.125. The molecular formula is C24H19NO2. The first-order chi connectivity index (χ1) is 13.1. The number of hydrogen-bond acceptors (Lipinski definition) is 2. The van der Waals surface area contributed by atoms with Crippen LogP contribution < -0.4 is 4.90 Å². The van der Waals surface area contributed by atoms with Gasteiger partial charge < -0.3 is 10.0 Å². The Balaban J connectivity index is 1.75. The van der Waals surface area contributed by atoms with Gasteiger partial charge in [-0.3, -0.25) is 4.79 Å². The number of carbonyl (C=O) groups is 1. The van der Waals surface area contributed by atoms with Gasteiger partial charge in [0.15, 0.2) is 0 Å². The SMILES string of the molecule is Cc1cccc(C#CC2(O)C(=O)N(Cc3ccccc3)c3ccccc32)c1. The summed E-state index contributed by atoms with van der Waals surface area (Å²) in [5.74, 6) is 5.40. The summed E-state index contributed by atoms with van der Waals surface area (Å²) in [5, 5.41) is 11.2. The predicted molar refractivity (Wildman–Crippen MR) is 106 cm³/mol. The van der Waals surface area contributed by atoms with Crippen molar-refractivity contribution in [3.8, 4) is 11.8 Å². The first kappa shape index (κ1) is 17.1. The first-order valence-corrected chi connectivity index (χ1v) is 8.85. The van der Waals surface area contributed by atoms with Gasteiger partial charge in [0, 0.05) is 11.1 Å². The van der Waals surface area contributed by atoms with Gasteiger partial charge in [-0.15, -0.1) is 0 Å². The molecule has 1 aliphatic heterocycles. The summed E-state index contributed by atoms with van der Waals surface area (Å²) in [4.78, 5) is 14.8. The lowest BCUT2D eigenvalue weighted by atomic mass is 9.95. The van der Waals surface area contributed by atoms with Crippen molar-refractivity contribution < 1.29 is 9.90 Å². The Morgan fingerprint density at radius 3 is 2.48 bits per heavy atom. The number of carbonyl (C=O) groups excluding carboxylic acids is 1. The average molecular weight is 353 g/mol. The van der Waals surface area contributed by atoms with E-state index in [1.54, 1.807) is 11.0 Å². The molecule has 3 heteroatoms. The molecule has 1 unspecified atom stereocenters. The fourth-order valence-corrected chi connectivity index (χ4v) is 3.36. The second-order valence-electron chi connectivity index (χ2n) is 6.72. The molecule has 0 saturated carbocycles. The molecule has 0 bridgehead atoms. The van der Waals surface area contributed by atoms with Crippen molar-refractivity contribution in [2.24, 2.45) is 0 Å². The number of nitrogens with zero attached hydrogens (tertiary/aromatic N) is 1. The number of benzene rings is 3. The highest BCUT2D eigenvalue weighted by atomic mass is 16.3. The van der Waals surface area contributed by atoms with Crippen molar-refractivity contribution in [1.82, 2.24) is 0 Å². The second-order valence-corrected chi connectivity index (χ2v) is 6.72. The number of aryl methyl sites for hydroxylation is 1. The number of hydrogen-bond donors (Lipinski definition) is 1. The predicted octanol–water partition coefficient (Wildman–Crippen LogP) is 3.78. The minimum Gasteiger partial charge on any atom is -0.366 e. The van der Waals surface area contributed by atoms with Gasteiger partial charge in [-0.2, -0.15) is 0 Å². The molecule has 0 aliphatic carbocycles. The minimum atomic E-state index is -1.84. The van der Waals surface area contributed by atoms with Gasteiger partial charge in [-0.25, -0.2) is 0 Å². The van der Waals surface area contributed by atoms with Gasteiger partial charge in [-0.05, 0) is 42.2 Å². The van der Waals surface area contributed by atoms with Crippen molar-refractivity contribution in [1.29, 1.82) is 0 Å². The van der Waals surface area contributed by atoms with E-state index in [9.17, 15) is 9.90 Å². The van der Waals surface area contributed by atoms with Gasteiger partial charge in [0.2, 0.25) is 5.60 Å². The molecule has 0 saturated heterocycles. The Hall–Kier alpha value is -3.35. The van der Waals surface area contributed by atoms with Crippen molar-refractivity contribution in [2.75, 3.05) is 4.90 Å². The van der Waals surface area contributed by atoms with Crippen LogP contribution in [0, 0.1) is 18.8 Å². The molecule has 4 rings (SSSR count). The van der Waals surface area contributed by atoms with E-state index in [0.717, 1.165) is 16.7 Å². The summed E-state index contributed by atoms with van der Waals surface area (Å²) in [7, 11) is 0. The normalized spacial score (nSPS) is 18.0. The van der Waals surface area contributed by atoms with Crippen molar-refractivity contribution in [3.05, 3.63) is 101 Å². The standard InChI is InChI=1S/C24H19NO2/c1-18-8-7-11-19(16-18)14-15-24(27)21-12-5-6-13-22(21)25(23(24)26)17-20-9-3-2-4-10-20/h2-13,16,27H,17H2,1H3. The molecule has 1 atom stereocenters. The van der Waals surface area contributed by atoms with Gasteiger partial charge >= 0.3 is 0 Å². The highest BCUT2D eigenvalue weighted by Gasteiger charge is 2.48. The summed E-state index contributed by atoms with van der Waals surface area (Å²) in [6.07, 6.45) is 0. The summed E-state index contributed by atoms with van der Waals surface area (Å²) in [6, 6.07) is 24.7. The lowest BCUT2D eigenvalue weighted by molar-refractivity contribution is -0.130. The monoisotopic (exact) mass is 353 g/mol. The summed E-state index contributed by atoms with van der Waals surface area (Å²) in [6.45, 7) is 2.38. The van der Waals surface area contributed by atoms with Gasteiger partial charge in [0.25, 0.3) is 5.91 Å². The molecule has 1 aliphatic rings. The van der Waals surface area contributed by atoms with Crippen LogP contribution in [-0.2, 0) is 16.9 Å². The van der Waals surface area contributed by atoms with Crippen LogP contribution in [0.2, 0.25) is 0 Å². The zero-order valence-electron chi connectivity index (χ0n) is 15.0. The molecule has 3 nitrogen and oxygen atoms in total. The molecule has 3 aromatic carbocycles. The van der Waals surface area contributed by atoms with E-state index in [1.807, 2.05) is 79.7 Å². The molecule has 1 amide bonds. The Morgan fingerprint density at radius 1 is 0.963 bits per heavy atom. The van der Waals surface area contributed by atoms with Gasteiger partial charge in [0.1, 0.15) is 0 Å². The van der Waals surface area contributed by atoms with Crippen LogP contribution in [0.5, 0.6) is 0 Å². The number of rotatable bonds is 2. The zero-order chi connectivity index (χ0) is 18.9. The number of anilines is 1. The Labute approximate surface area is 158 Å². The summed E-state index contributed by atoms with van der Waals surface area (Å²) < 4.78 is 0. The molecule has 0 spiro atoms. The van der Waals surface area contributed by atoms with Crippen LogP contribution in [0.3, 0.4) is 0 Å². The van der Waals surface area contributed by atoms with E-state index in [2.05, 4.69) is 11.8 Å². The third-order valence-electron chi connectivity index (χ3n) is 4.73. The lowest BCUT2D eigenvalue weighted by Gasteiger charge is -2.19. The number of aliphatic hydroxyl groups is 1. The molecule has 0 fully saturated rings. The van der Waals surface area contributed by atoms with E-state index in [1.165, 1.54) is 0 Å². The molecule has 3 aromatic rings. The zero-order valence-corrected chi connectivity index (χ0v) is 15.0. The number of para-hydroxylation sites is 1. The highest BCUT2D eigenvalue weighted by molar-refractivity contribution is 6.09. The van der Waals surface area contributed by atoms with Crippen LogP contribution in [0.4, 0.5) is 5.69 Å². The Kier molecular flexibility index (Phi) is 4.27. The lowest BCUT2D eigenvalue weighted by Crippen LogP contribution is -2.39. The van der Waals surface area contributed by atoms with E-state index in [-0.39, 0.29) is 0 Å². The van der Waals surface area contributed by atoms with E-state index >= 15 is 0 Å². The maximum absolute atomic E-state index is 13.2. The summed E-state index contributed by atoms with van der Waals surface area (Å²) in [5.41, 5.74) is 2.25. The molecule has 1 heterocycles. The third kappa shape index (κ3) is 3.12. The quantitative estimate of drug-likeness (QED) is 0.712. The number of fused-ring (bicyclic) bond motifs is 1. The Morgan fingerprint density at radius 2 is 1.70 bits per heavy atom. The van der Waals surface area contributed by atoms with Crippen LogP contribution in [-0.4, -0.2) is 11.0 Å². The maximum Gasteiger partial charge on any atom is 0.276 e. The molecule has 0 aromatic heterocycles. The highest BCUT2D eigenvalue weighted by Crippen LogP contribution is 2.40. The summed E-state index contributed by atoms with van der Waals surface area (Å²) >= 11 is 0. The Bertz CT molecular complexity index is 1060. The topological polar surface area (TPSA) is 40.5 Å². The fourth-order valence-electron chi connectivity index (χ4n) is 3.36. The second kappa shape index (κ2) is 6.75. The average Bonchev–Trinajstić information content (AvgIpc) is 2.90. The van der Waals surface area contributed by atoms with E-state index in [0.29, 0.717) is 17.8 Å². The number of amides is 1. The molecule has 132 valence electrons. The first-order valence-electron chi connectivity index (χ1n) is 8.85. The third-order valence-corrected chi connectivity index (χ3v) is 4.73. The maximum atomic E-state index is 13.2. The van der Waals surface area contributed by atoms with E-state index < -0.39 is 11.5 Å². The van der Waals surface area contributed by atoms with Crippen LogP contribution in [0.1, 0.15) is 22.3 Å². The van der Waals surface area contributed by atoms with Gasteiger partial charge in [0.05, 0.1) is 12.2 Å². The minimum absolute atomic E-state index is 0.394. The molecule has 27 heavy (non-hydrogen) atoms. The smallest absolute Gasteiger partial charge is 0.276 e. The largest absolute Gasteiger partial charge is 0.366 e. The van der Waals surface area contributed by atoms with Crippen LogP contribution in [0.25, 0.3) is 0 Å².